The van der Waals surface area contributed by atoms with Gasteiger partial charge >= 0.3 is 0 Å². The Hall–Kier alpha value is -2.95. The van der Waals surface area contributed by atoms with Gasteiger partial charge in [0, 0.05) is 50.5 Å². The summed E-state index contributed by atoms with van der Waals surface area (Å²) in [5.41, 5.74) is 1.62. The van der Waals surface area contributed by atoms with Crippen LogP contribution >= 0.6 is 0 Å². The zero-order chi connectivity index (χ0) is 28.7. The van der Waals surface area contributed by atoms with Crippen LogP contribution in [0.15, 0.2) is 30.6 Å². The van der Waals surface area contributed by atoms with E-state index in [1.54, 1.807) is 12.1 Å². The van der Waals surface area contributed by atoms with Gasteiger partial charge in [0.25, 0.3) is 0 Å². The van der Waals surface area contributed by atoms with Gasteiger partial charge in [-0.25, -0.2) is 9.97 Å². The number of ether oxygens (including phenoxy) is 3. The lowest BCUT2D eigenvalue weighted by Crippen LogP contribution is -2.22. The molecule has 0 aliphatic heterocycles. The highest BCUT2D eigenvalue weighted by atomic mass is 28.3. The summed E-state index contributed by atoms with van der Waals surface area (Å²) in [5, 5.41) is 12.9. The molecule has 3 aromatic rings. The maximum atomic E-state index is 12.6. The number of aliphatic hydroxyl groups excluding tert-OH is 1. The van der Waals surface area contributed by atoms with Gasteiger partial charge in [0.15, 0.2) is 0 Å². The second kappa shape index (κ2) is 10.4. The van der Waals surface area contributed by atoms with E-state index >= 15 is 0 Å². The number of aromatic nitrogens is 3. The summed E-state index contributed by atoms with van der Waals surface area (Å²) in [6, 6.07) is 6.25. The standard InChI is InChI=1S/C27H36N4O5Si/c1-34-27-24(22(9-10-28-27)36-18-5-6-18)21-14-31(16-35-11-12-37(2,3)4)25-19(21)7-8-23(29-25)30-26(33)20-13-17(20)15-32/h7-10,14,17-18,20,32H,5-6,11-13,15-16H2,1-4H3,(H,29,30,33)/t17-,20+/m0/s1/i1D3. The van der Waals surface area contributed by atoms with E-state index in [-0.39, 0.29) is 43.1 Å². The maximum absolute atomic E-state index is 12.6. The molecule has 2 fully saturated rings. The number of amides is 1. The Morgan fingerprint density at radius 1 is 1.30 bits per heavy atom. The molecule has 5 rings (SSSR count). The Labute approximate surface area is 222 Å². The first-order chi connectivity index (χ1) is 18.9. The number of rotatable bonds is 12. The van der Waals surface area contributed by atoms with Crippen molar-refractivity contribution in [2.75, 3.05) is 25.6 Å². The highest BCUT2D eigenvalue weighted by Crippen LogP contribution is 2.43. The summed E-state index contributed by atoms with van der Waals surface area (Å²) in [4.78, 5) is 21.6. The summed E-state index contributed by atoms with van der Waals surface area (Å²) < 4.78 is 42.4. The molecular weight excluding hydrogens is 488 g/mol. The molecule has 0 bridgehead atoms. The van der Waals surface area contributed by atoms with Crippen LogP contribution in [-0.4, -0.2) is 60.0 Å². The molecule has 1 amide bonds. The van der Waals surface area contributed by atoms with Crippen LogP contribution in [0.1, 0.15) is 23.4 Å². The minimum atomic E-state index is -2.71. The topological polar surface area (TPSA) is 108 Å². The fraction of sp³-hybridized carbons (Fsp3) is 0.519. The van der Waals surface area contributed by atoms with E-state index in [1.165, 1.54) is 6.20 Å². The number of carbonyl (C=O) groups is 1. The SMILES string of the molecule is [2H]C([2H])([2H])Oc1nccc(OC2CC2)c1-c1cn(COCC[Si](C)(C)C)c2nc(NC(=O)[C@@H]3C[C@H]3CO)ccc12. The van der Waals surface area contributed by atoms with Crippen LogP contribution in [0.3, 0.4) is 0 Å². The Morgan fingerprint density at radius 2 is 2.14 bits per heavy atom. The van der Waals surface area contributed by atoms with E-state index in [0.717, 1.165) is 18.9 Å². The van der Waals surface area contributed by atoms with Crippen LogP contribution in [0.2, 0.25) is 25.7 Å². The number of anilines is 1. The molecule has 3 aromatic heterocycles. The molecule has 0 radical (unpaired) electrons. The lowest BCUT2D eigenvalue weighted by atomic mass is 10.1. The lowest BCUT2D eigenvalue weighted by Gasteiger charge is -2.15. The first-order valence-corrected chi connectivity index (χ1v) is 16.5. The van der Waals surface area contributed by atoms with Crippen molar-refractivity contribution in [2.45, 2.75) is 57.8 Å². The summed E-state index contributed by atoms with van der Waals surface area (Å²) >= 11 is 0. The van der Waals surface area contributed by atoms with Crippen LogP contribution in [0.4, 0.5) is 5.82 Å². The highest BCUT2D eigenvalue weighted by Gasteiger charge is 2.42. The summed E-state index contributed by atoms with van der Waals surface area (Å²) in [5.74, 6) is 0.414. The minimum absolute atomic E-state index is 0.00826. The largest absolute Gasteiger partial charge is 0.490 e. The van der Waals surface area contributed by atoms with Crippen LogP contribution in [0, 0.1) is 11.8 Å². The van der Waals surface area contributed by atoms with Crippen LogP contribution < -0.4 is 14.8 Å². The van der Waals surface area contributed by atoms with E-state index in [4.69, 9.17) is 23.3 Å². The zero-order valence-electron chi connectivity index (χ0n) is 24.5. The van der Waals surface area contributed by atoms with Gasteiger partial charge in [0.1, 0.15) is 23.9 Å². The quantitative estimate of drug-likeness (QED) is 0.263. The number of fused-ring (bicyclic) bond motifs is 1. The molecule has 2 aliphatic rings. The fourth-order valence-electron chi connectivity index (χ4n) is 4.28. The number of carbonyl (C=O) groups excluding carboxylic acids is 1. The van der Waals surface area contributed by atoms with Crippen molar-refractivity contribution in [3.63, 3.8) is 0 Å². The zero-order valence-corrected chi connectivity index (χ0v) is 22.5. The normalized spacial score (nSPS) is 20.7. The Morgan fingerprint density at radius 3 is 2.84 bits per heavy atom. The minimum Gasteiger partial charge on any atom is -0.490 e. The Balaban J connectivity index is 1.54. The monoisotopic (exact) mass is 527 g/mol. The molecular formula is C27H36N4O5Si. The van der Waals surface area contributed by atoms with Crippen LogP contribution in [0.25, 0.3) is 22.2 Å². The van der Waals surface area contributed by atoms with Crippen molar-refractivity contribution in [3.05, 3.63) is 30.6 Å². The second-order valence-electron chi connectivity index (χ2n) is 11.1. The Kier molecular flexibility index (Phi) is 6.22. The molecule has 9 nitrogen and oxygen atoms in total. The molecule has 0 unspecified atom stereocenters. The first kappa shape index (κ1) is 22.1. The van der Waals surface area contributed by atoms with Crippen molar-refractivity contribution in [3.8, 4) is 22.8 Å². The average Bonchev–Trinajstić information content (AvgIpc) is 3.79. The number of hydrogen-bond acceptors (Lipinski definition) is 7. The first-order valence-electron chi connectivity index (χ1n) is 14.3. The van der Waals surface area contributed by atoms with Crippen LogP contribution in [0.5, 0.6) is 11.6 Å². The molecule has 198 valence electrons. The number of pyridine rings is 2. The number of nitrogens with one attached hydrogen (secondary N) is 1. The average molecular weight is 528 g/mol. The maximum Gasteiger partial charge on any atom is 0.229 e. The molecule has 2 saturated carbocycles. The molecule has 2 aliphatic carbocycles. The van der Waals surface area contributed by atoms with Gasteiger partial charge in [-0.2, -0.15) is 0 Å². The van der Waals surface area contributed by atoms with Gasteiger partial charge in [0.2, 0.25) is 11.8 Å². The number of methoxy groups -OCH3 is 1. The smallest absolute Gasteiger partial charge is 0.229 e. The van der Waals surface area contributed by atoms with Crippen molar-refractivity contribution >= 4 is 30.8 Å². The molecule has 0 aromatic carbocycles. The predicted octanol–water partition coefficient (Wildman–Crippen LogP) is 4.53. The lowest BCUT2D eigenvalue weighted by molar-refractivity contribution is -0.117. The molecule has 2 atom stereocenters. The summed E-state index contributed by atoms with van der Waals surface area (Å²) in [6.07, 6.45) is 5.88. The summed E-state index contributed by atoms with van der Waals surface area (Å²) in [7, 11) is -4.00. The van der Waals surface area contributed by atoms with Crippen molar-refractivity contribution in [2.24, 2.45) is 11.8 Å². The second-order valence-corrected chi connectivity index (χ2v) is 16.7. The van der Waals surface area contributed by atoms with Gasteiger partial charge in [-0.15, -0.1) is 0 Å². The number of aliphatic hydroxyl groups is 1. The van der Waals surface area contributed by atoms with Gasteiger partial charge in [-0.05, 0) is 49.4 Å². The third-order valence-electron chi connectivity index (χ3n) is 6.76. The van der Waals surface area contributed by atoms with E-state index < -0.39 is 15.1 Å². The van der Waals surface area contributed by atoms with Gasteiger partial charge < -0.3 is 29.2 Å². The molecule has 0 spiro atoms. The molecule has 10 heteroatoms. The third-order valence-corrected chi connectivity index (χ3v) is 8.46. The summed E-state index contributed by atoms with van der Waals surface area (Å²) in [6.45, 7) is 7.66. The van der Waals surface area contributed by atoms with Gasteiger partial charge in [0.05, 0.1) is 22.8 Å². The highest BCUT2D eigenvalue weighted by molar-refractivity contribution is 6.76. The van der Waals surface area contributed by atoms with Gasteiger partial charge in [-0.3, -0.25) is 4.79 Å². The van der Waals surface area contributed by atoms with E-state index in [9.17, 15) is 9.90 Å². The predicted molar refractivity (Wildman–Crippen MR) is 145 cm³/mol. The molecule has 0 saturated heterocycles. The van der Waals surface area contributed by atoms with Crippen molar-refractivity contribution in [1.29, 1.82) is 0 Å². The molecule has 3 heterocycles. The van der Waals surface area contributed by atoms with E-state index in [0.29, 0.717) is 46.8 Å². The van der Waals surface area contributed by atoms with Gasteiger partial charge in [-0.1, -0.05) is 19.6 Å². The van der Waals surface area contributed by atoms with Crippen molar-refractivity contribution in [1.82, 2.24) is 14.5 Å². The van der Waals surface area contributed by atoms with Crippen molar-refractivity contribution < 1.29 is 28.2 Å². The fourth-order valence-corrected chi connectivity index (χ4v) is 5.03. The Bertz CT molecular complexity index is 1390. The molecule has 37 heavy (non-hydrogen) atoms. The molecule has 2 N–H and O–H groups in total. The third kappa shape index (κ3) is 5.97. The van der Waals surface area contributed by atoms with E-state index in [1.807, 2.05) is 16.8 Å². The van der Waals surface area contributed by atoms with Crippen LogP contribution in [-0.2, 0) is 16.3 Å². The number of nitrogens with zero attached hydrogens (tertiary/aromatic N) is 3. The van der Waals surface area contributed by atoms with E-state index in [2.05, 4.69) is 29.9 Å². The number of hydrogen-bond donors (Lipinski definition) is 2.